The van der Waals surface area contributed by atoms with Crippen LogP contribution in [-0.4, -0.2) is 42.3 Å². The van der Waals surface area contributed by atoms with Gasteiger partial charge < -0.3 is 24.3 Å². The first-order valence-corrected chi connectivity index (χ1v) is 12.2. The maximum Gasteiger partial charge on any atom is 0.265 e. The Hall–Kier alpha value is -3.63. The standard InChI is InChI=1S/C24H25ClN2O7S/c1-5-34-18-9-6-16(7-10-18)27-35(29,30)22-14-17(8-11-20(22)31-2)26-24(28)15-12-19(25)23(33-4)21(13-15)32-3/h6-14,27H,5H2,1-4H3,(H,26,28). The van der Waals surface area contributed by atoms with Crippen LogP contribution < -0.4 is 29.0 Å². The molecule has 0 aliphatic heterocycles. The molecule has 2 N–H and O–H groups in total. The monoisotopic (exact) mass is 520 g/mol. The minimum atomic E-state index is -4.06. The van der Waals surface area contributed by atoms with Crippen LogP contribution in [0.5, 0.6) is 23.0 Å². The van der Waals surface area contributed by atoms with Gasteiger partial charge in [-0.15, -0.1) is 0 Å². The van der Waals surface area contributed by atoms with Gasteiger partial charge in [0.2, 0.25) is 0 Å². The molecular weight excluding hydrogens is 496 g/mol. The first-order valence-electron chi connectivity index (χ1n) is 10.4. The normalized spacial score (nSPS) is 10.9. The average molecular weight is 521 g/mol. The second-order valence-corrected chi connectivity index (χ2v) is 9.13. The molecule has 3 rings (SSSR count). The summed E-state index contributed by atoms with van der Waals surface area (Å²) in [7, 11) is 0.160. The third-order valence-corrected chi connectivity index (χ3v) is 6.51. The van der Waals surface area contributed by atoms with Gasteiger partial charge in [-0.1, -0.05) is 11.6 Å². The van der Waals surface area contributed by atoms with Crippen molar-refractivity contribution in [3.8, 4) is 23.0 Å². The fraction of sp³-hybridized carbons (Fsp3) is 0.208. The summed E-state index contributed by atoms with van der Waals surface area (Å²) in [6.07, 6.45) is 0. The van der Waals surface area contributed by atoms with Crippen LogP contribution in [0.4, 0.5) is 11.4 Å². The number of carbonyl (C=O) groups excluding carboxylic acids is 1. The molecule has 186 valence electrons. The van der Waals surface area contributed by atoms with Crippen molar-refractivity contribution >= 4 is 38.9 Å². The van der Waals surface area contributed by atoms with E-state index in [9.17, 15) is 13.2 Å². The van der Waals surface area contributed by atoms with Crippen LogP contribution >= 0.6 is 11.6 Å². The van der Waals surface area contributed by atoms with E-state index in [4.69, 9.17) is 30.5 Å². The summed E-state index contributed by atoms with van der Waals surface area (Å²) >= 11 is 6.19. The molecule has 0 aliphatic rings. The quantitative estimate of drug-likeness (QED) is 0.394. The molecule has 0 spiro atoms. The molecule has 0 bridgehead atoms. The van der Waals surface area contributed by atoms with Gasteiger partial charge in [0, 0.05) is 16.9 Å². The largest absolute Gasteiger partial charge is 0.495 e. The molecular formula is C24H25ClN2O7S. The number of amides is 1. The number of hydrogen-bond acceptors (Lipinski definition) is 7. The highest BCUT2D eigenvalue weighted by atomic mass is 35.5. The van der Waals surface area contributed by atoms with E-state index in [1.54, 1.807) is 24.3 Å². The number of halogens is 1. The molecule has 0 saturated carbocycles. The first kappa shape index (κ1) is 26.0. The zero-order valence-corrected chi connectivity index (χ0v) is 21.1. The number of hydrogen-bond donors (Lipinski definition) is 2. The van der Waals surface area contributed by atoms with Gasteiger partial charge in [-0.3, -0.25) is 9.52 Å². The highest BCUT2D eigenvalue weighted by molar-refractivity contribution is 7.92. The molecule has 3 aromatic rings. The van der Waals surface area contributed by atoms with E-state index in [2.05, 4.69) is 10.0 Å². The Morgan fingerprint density at radius 3 is 2.14 bits per heavy atom. The van der Waals surface area contributed by atoms with Gasteiger partial charge in [0.1, 0.15) is 16.4 Å². The topological polar surface area (TPSA) is 112 Å². The molecule has 11 heteroatoms. The van der Waals surface area contributed by atoms with Crippen molar-refractivity contribution in [2.45, 2.75) is 11.8 Å². The molecule has 0 aromatic heterocycles. The lowest BCUT2D eigenvalue weighted by molar-refractivity contribution is 0.102. The van der Waals surface area contributed by atoms with Gasteiger partial charge >= 0.3 is 0 Å². The zero-order chi connectivity index (χ0) is 25.6. The van der Waals surface area contributed by atoms with Crippen LogP contribution in [0.2, 0.25) is 5.02 Å². The summed E-state index contributed by atoms with van der Waals surface area (Å²) in [6.45, 7) is 2.35. The number of sulfonamides is 1. The molecule has 0 aliphatic carbocycles. The van der Waals surface area contributed by atoms with Gasteiger partial charge in [-0.05, 0) is 61.5 Å². The van der Waals surface area contributed by atoms with Crippen LogP contribution in [0.15, 0.2) is 59.5 Å². The van der Waals surface area contributed by atoms with Crippen LogP contribution in [0, 0.1) is 0 Å². The van der Waals surface area contributed by atoms with E-state index in [0.29, 0.717) is 23.8 Å². The fourth-order valence-electron chi connectivity index (χ4n) is 3.21. The maximum atomic E-state index is 13.1. The minimum absolute atomic E-state index is 0.107. The molecule has 1 amide bonds. The average Bonchev–Trinajstić information content (AvgIpc) is 2.84. The molecule has 0 radical (unpaired) electrons. The van der Waals surface area contributed by atoms with Gasteiger partial charge in [-0.25, -0.2) is 8.42 Å². The van der Waals surface area contributed by atoms with Crippen molar-refractivity contribution < 1.29 is 32.2 Å². The Balaban J connectivity index is 1.88. The number of anilines is 2. The third-order valence-electron chi connectivity index (χ3n) is 4.82. The molecule has 3 aromatic carbocycles. The molecule has 9 nitrogen and oxygen atoms in total. The molecule has 0 unspecified atom stereocenters. The van der Waals surface area contributed by atoms with Crippen molar-refractivity contribution in [1.29, 1.82) is 0 Å². The number of benzene rings is 3. The first-order chi connectivity index (χ1) is 16.7. The highest BCUT2D eigenvalue weighted by Crippen LogP contribution is 2.36. The lowest BCUT2D eigenvalue weighted by Gasteiger charge is -2.15. The van der Waals surface area contributed by atoms with Crippen molar-refractivity contribution in [1.82, 2.24) is 0 Å². The smallest absolute Gasteiger partial charge is 0.265 e. The van der Waals surface area contributed by atoms with Gasteiger partial charge in [0.25, 0.3) is 15.9 Å². The second kappa shape index (κ2) is 11.2. The highest BCUT2D eigenvalue weighted by Gasteiger charge is 2.22. The van der Waals surface area contributed by atoms with E-state index < -0.39 is 15.9 Å². The van der Waals surface area contributed by atoms with E-state index in [0.717, 1.165) is 0 Å². The van der Waals surface area contributed by atoms with Crippen molar-refractivity contribution in [3.63, 3.8) is 0 Å². The number of rotatable bonds is 10. The Bertz CT molecular complexity index is 1310. The number of carbonyl (C=O) groups is 1. The lowest BCUT2D eigenvalue weighted by atomic mass is 10.1. The summed E-state index contributed by atoms with van der Waals surface area (Å²) in [5.74, 6) is 0.774. The predicted molar refractivity (Wildman–Crippen MR) is 134 cm³/mol. The van der Waals surface area contributed by atoms with E-state index in [-0.39, 0.29) is 32.7 Å². The predicted octanol–water partition coefficient (Wildman–Crippen LogP) is 4.82. The Labute approximate surface area is 209 Å². The lowest BCUT2D eigenvalue weighted by Crippen LogP contribution is -2.16. The Morgan fingerprint density at radius 1 is 0.886 bits per heavy atom. The van der Waals surface area contributed by atoms with Crippen molar-refractivity contribution in [2.75, 3.05) is 38.0 Å². The van der Waals surface area contributed by atoms with Gasteiger partial charge in [0.05, 0.1) is 33.0 Å². The molecule has 0 saturated heterocycles. The summed E-state index contributed by atoms with van der Waals surface area (Å²) in [5.41, 5.74) is 0.763. The molecule has 0 heterocycles. The van der Waals surface area contributed by atoms with Gasteiger partial charge in [-0.2, -0.15) is 0 Å². The van der Waals surface area contributed by atoms with E-state index in [1.807, 2.05) is 6.92 Å². The summed E-state index contributed by atoms with van der Waals surface area (Å²) in [6, 6.07) is 13.6. The third kappa shape index (κ3) is 6.09. The van der Waals surface area contributed by atoms with Crippen LogP contribution in [-0.2, 0) is 10.0 Å². The fourth-order valence-corrected chi connectivity index (χ4v) is 4.76. The zero-order valence-electron chi connectivity index (χ0n) is 19.5. The van der Waals surface area contributed by atoms with Gasteiger partial charge in [0.15, 0.2) is 11.5 Å². The van der Waals surface area contributed by atoms with E-state index in [1.165, 1.54) is 51.7 Å². The Kier molecular flexibility index (Phi) is 8.31. The number of methoxy groups -OCH3 is 3. The summed E-state index contributed by atoms with van der Waals surface area (Å²) in [5, 5.41) is 2.85. The van der Waals surface area contributed by atoms with E-state index >= 15 is 0 Å². The molecule has 0 fully saturated rings. The SMILES string of the molecule is CCOc1ccc(NS(=O)(=O)c2cc(NC(=O)c3cc(Cl)c(OC)c(OC)c3)ccc2OC)cc1. The summed E-state index contributed by atoms with van der Waals surface area (Å²) < 4.78 is 49.8. The van der Waals surface area contributed by atoms with Crippen LogP contribution in [0.1, 0.15) is 17.3 Å². The summed E-state index contributed by atoms with van der Waals surface area (Å²) in [4.78, 5) is 12.7. The number of nitrogens with one attached hydrogen (secondary N) is 2. The van der Waals surface area contributed by atoms with Crippen molar-refractivity contribution in [3.05, 3.63) is 65.2 Å². The Morgan fingerprint density at radius 2 is 1.54 bits per heavy atom. The van der Waals surface area contributed by atoms with Crippen LogP contribution in [0.3, 0.4) is 0 Å². The van der Waals surface area contributed by atoms with Crippen molar-refractivity contribution in [2.24, 2.45) is 0 Å². The number of ether oxygens (including phenoxy) is 4. The molecule has 0 atom stereocenters. The second-order valence-electron chi connectivity index (χ2n) is 7.08. The maximum absolute atomic E-state index is 13.1. The van der Waals surface area contributed by atoms with Crippen LogP contribution in [0.25, 0.3) is 0 Å². The minimum Gasteiger partial charge on any atom is -0.495 e. The molecule has 35 heavy (non-hydrogen) atoms.